The Hall–Kier alpha value is -13.6. The Morgan fingerprint density at radius 3 is 1.20 bits per heavy atom. The Bertz CT molecular complexity index is 6990. The average Bonchev–Trinajstić information content (AvgIpc) is 1.30. The van der Waals surface area contributed by atoms with Crippen LogP contribution >= 0.6 is 0 Å². The second-order valence-electron chi connectivity index (χ2n) is 37.0. The molecule has 7 aliphatic rings. The Labute approximate surface area is 746 Å². The van der Waals surface area contributed by atoms with Crippen molar-refractivity contribution < 1.29 is 9.13 Å². The van der Waals surface area contributed by atoms with Gasteiger partial charge in [0.15, 0.2) is 12.7 Å². The monoisotopic (exact) mass is 1630 g/mol. The molecule has 1 atom stereocenters. The molecule has 1 unspecified atom stereocenters. The van der Waals surface area contributed by atoms with Crippen LogP contribution in [0.5, 0.6) is 0 Å². The van der Waals surface area contributed by atoms with Crippen molar-refractivity contribution in [2.75, 3.05) is 26.6 Å². The molecule has 126 heavy (non-hydrogen) atoms. The van der Waals surface area contributed by atoms with Gasteiger partial charge in [-0.3, -0.25) is 0 Å². The predicted molar refractivity (Wildman–Crippen MR) is 533 cm³/mol. The third-order valence-electron chi connectivity index (χ3n) is 28.1. The molecule has 23 rings (SSSR count). The number of nitrogens with zero attached hydrogens (tertiary/aromatic N) is 8. The van der Waals surface area contributed by atoms with E-state index >= 15 is 0 Å². The lowest BCUT2D eigenvalue weighted by atomic mass is 9.33. The van der Waals surface area contributed by atoms with Gasteiger partial charge in [-0.05, 0) is 215 Å². The Morgan fingerprint density at radius 2 is 0.738 bits per heavy atom. The van der Waals surface area contributed by atoms with Gasteiger partial charge in [0.2, 0.25) is 25.8 Å². The highest BCUT2D eigenvalue weighted by Gasteiger charge is 2.48. The average molecular weight is 1630 g/mol. The number of pyridine rings is 1. The molecule has 16 aromatic rings. The van der Waals surface area contributed by atoms with E-state index in [-0.39, 0.29) is 20.1 Å². The van der Waals surface area contributed by atoms with E-state index in [4.69, 9.17) is 0 Å². The summed E-state index contributed by atoms with van der Waals surface area (Å²) in [5.41, 5.74) is 53.7. The molecule has 0 radical (unpaired) electrons. The minimum atomic E-state index is 0.129. The molecule has 614 valence electrons. The first kappa shape index (κ1) is 79.5. The zero-order valence-corrected chi connectivity index (χ0v) is 75.3. The highest BCUT2D eigenvalue weighted by Crippen LogP contribution is 2.47. The van der Waals surface area contributed by atoms with E-state index in [1.165, 1.54) is 229 Å². The molecule has 0 saturated carbocycles. The van der Waals surface area contributed by atoms with Gasteiger partial charge in [0.25, 0.3) is 5.82 Å². The van der Waals surface area contributed by atoms with Crippen LogP contribution in [0.1, 0.15) is 123 Å². The fraction of sp³-hybridized carbons (Fsp3) is 0.183. The molecule has 8 nitrogen and oxygen atoms in total. The molecule has 11 heteroatoms. The van der Waals surface area contributed by atoms with Gasteiger partial charge in [-0.1, -0.05) is 294 Å². The van der Waals surface area contributed by atoms with Crippen molar-refractivity contribution in [1.29, 1.82) is 0 Å². The maximum Gasteiger partial charge on any atom is 0.294 e. The number of imidazole rings is 1. The quantitative estimate of drug-likeness (QED) is 0.101. The first-order valence-corrected chi connectivity index (χ1v) is 45.3. The van der Waals surface area contributed by atoms with Gasteiger partial charge in [-0.2, -0.15) is 9.13 Å². The van der Waals surface area contributed by atoms with Crippen molar-refractivity contribution in [3.05, 3.63) is 406 Å². The number of aromatic nitrogens is 3. The molecule has 0 amide bonds. The van der Waals surface area contributed by atoms with Gasteiger partial charge in [0.05, 0.1) is 11.1 Å². The number of likely N-dealkylation sites (N-methyl/N-ethyl adjacent to an activating group) is 1. The van der Waals surface area contributed by atoms with Gasteiger partial charge in [0.1, 0.15) is 30.8 Å². The Balaban J connectivity index is 0.000000116. The maximum atomic E-state index is 2.51. The number of hydrogen-bond acceptors (Lipinski definition) is 5. The summed E-state index contributed by atoms with van der Waals surface area (Å²) in [5, 5.41) is 0. The number of fused-ring (bicyclic) bond motifs is 18. The van der Waals surface area contributed by atoms with Crippen LogP contribution in [0.25, 0.3) is 39.5 Å². The van der Waals surface area contributed by atoms with E-state index in [9.17, 15) is 0 Å². The molecule has 14 aromatic carbocycles. The fourth-order valence-electron chi connectivity index (χ4n) is 23.1. The summed E-state index contributed by atoms with van der Waals surface area (Å²) >= 11 is 0. The molecule has 0 spiro atoms. The molecule has 0 N–H and O–H groups in total. The highest BCUT2D eigenvalue weighted by molar-refractivity contribution is 7.00. The van der Waals surface area contributed by atoms with Crippen molar-refractivity contribution in [3.8, 4) is 39.5 Å². The van der Waals surface area contributed by atoms with Gasteiger partial charge in [0, 0.05) is 117 Å². The number of rotatable bonds is 10. The third kappa shape index (κ3) is 13.0. The summed E-state index contributed by atoms with van der Waals surface area (Å²) in [6, 6.07) is 108. The molecule has 0 fully saturated rings. The summed E-state index contributed by atoms with van der Waals surface area (Å²) in [4.78, 5) is 12.3. The third-order valence-corrected chi connectivity index (χ3v) is 28.1. The van der Waals surface area contributed by atoms with Crippen molar-refractivity contribution in [3.63, 3.8) is 0 Å². The fourth-order valence-corrected chi connectivity index (χ4v) is 23.1. The lowest BCUT2D eigenvalue weighted by Gasteiger charge is -2.39. The summed E-state index contributed by atoms with van der Waals surface area (Å²) in [6.07, 6.45) is 12.8. The second kappa shape index (κ2) is 31.6. The van der Waals surface area contributed by atoms with Gasteiger partial charge < -0.3 is 24.5 Å². The van der Waals surface area contributed by atoms with Crippen LogP contribution in [0.2, 0.25) is 0 Å². The SMILES string of the molecule is Cc1cc(C)c(B2c3ccccc3N(c3ccccc3)c3ccc4c(c32)C[n+]2cc(-c3ccccc3)c(C)cc2-4)c(C)c1.Cc1cc(C)c(B2c3ccccc3N(c3ccccc3)c3ccc4c(c32)C[n+]2ccn(-c3c(C(C)C)cccc3C(C)C)c2-4)c(C)c1.Cc1cc(C)c(B2c3ccccc3N(c3ccccc3)c3ccc4c(c32)N2C=CN(C)C2C4)c(C)c1. The molecule has 0 saturated heterocycles. The normalized spacial score (nSPS) is 14.3. The van der Waals surface area contributed by atoms with Crippen LogP contribution in [0.3, 0.4) is 0 Å². The smallest absolute Gasteiger partial charge is 0.294 e. The van der Waals surface area contributed by atoms with Crippen LogP contribution in [0, 0.1) is 69.2 Å². The molecule has 7 aliphatic heterocycles. The molecule has 0 aliphatic carbocycles. The van der Waals surface area contributed by atoms with Crippen LogP contribution < -0.4 is 77.9 Å². The van der Waals surface area contributed by atoms with Crippen molar-refractivity contribution in [2.45, 2.75) is 134 Å². The second-order valence-corrected chi connectivity index (χ2v) is 37.0. The lowest BCUT2D eigenvalue weighted by molar-refractivity contribution is -0.671. The molecule has 2 aromatic heterocycles. The molecule has 9 heterocycles. The first-order chi connectivity index (χ1) is 61.3. The van der Waals surface area contributed by atoms with Crippen LogP contribution in [-0.2, 0) is 19.5 Å². The molecular weight excluding hydrogens is 1530 g/mol. The number of benzene rings is 14. The van der Waals surface area contributed by atoms with Crippen LogP contribution in [0.4, 0.5) is 56.9 Å². The van der Waals surface area contributed by atoms with E-state index < -0.39 is 0 Å². The van der Waals surface area contributed by atoms with Crippen molar-refractivity contribution in [2.24, 2.45) is 0 Å². The highest BCUT2D eigenvalue weighted by atomic mass is 15.4. The minimum absolute atomic E-state index is 0.129. The molecular formula is C115H107B3N8+2. The Kier molecular flexibility index (Phi) is 19.9. The number of anilines is 10. The van der Waals surface area contributed by atoms with E-state index in [2.05, 4.69) is 464 Å². The summed E-state index contributed by atoms with van der Waals surface area (Å²) in [5.74, 6) is 2.12. The van der Waals surface area contributed by atoms with E-state index in [0.29, 0.717) is 18.0 Å². The van der Waals surface area contributed by atoms with Crippen LogP contribution in [-0.4, -0.2) is 42.8 Å². The van der Waals surface area contributed by atoms with Gasteiger partial charge in [-0.25, -0.2) is 4.57 Å². The van der Waals surface area contributed by atoms with E-state index in [0.717, 1.165) is 19.5 Å². The van der Waals surface area contributed by atoms with Crippen LogP contribution in [0.15, 0.2) is 322 Å². The maximum absolute atomic E-state index is 2.51. The van der Waals surface area contributed by atoms with Gasteiger partial charge >= 0.3 is 0 Å². The minimum Gasteiger partial charge on any atom is -0.358 e. The first-order valence-electron chi connectivity index (χ1n) is 45.3. The number of para-hydroxylation sites is 7. The lowest BCUT2D eigenvalue weighted by Crippen LogP contribution is -2.60. The van der Waals surface area contributed by atoms with Crippen molar-refractivity contribution >= 4 is 126 Å². The van der Waals surface area contributed by atoms with E-state index in [1.807, 2.05) is 0 Å². The summed E-state index contributed by atoms with van der Waals surface area (Å²) < 4.78 is 7.44. The molecule has 0 bridgehead atoms. The number of hydrogen-bond donors (Lipinski definition) is 0. The summed E-state index contributed by atoms with van der Waals surface area (Å²) in [6.45, 7) is 34.1. The van der Waals surface area contributed by atoms with Gasteiger partial charge in [-0.15, -0.1) is 0 Å². The number of aryl methyl sites for hydroxylation is 10. The standard InChI is InChI=1S/C43H43BN3.C40H34BN2.C32H30BN3/c1-27(2)33-16-13-17-34(28(3)4)42(33)46-23-22-45-26-36-35(43(45)46)20-21-39-41(36)44(40-30(6)24-29(5)25-31(40)7)37-18-11-12-19-38(37)47(39)32-14-9-8-10-15-32;1-26-21-28(3)39(29(4)22-26)41-35-17-11-12-18-36(35)43(31-15-9-6-10-16-31)37-20-19-32-34(40(37)41)25-42-24-33(27(2)23-38(32)42)30-13-7-5-8-14-30;1-21-18-22(2)30(23(3)19-21)33-26-12-8-9-13-27(26)36(25-10-6-5-7-11-25)28-15-14-24-20-29-34(4)16-17-35(29)32(24)31(28)33/h8-25,27-28H,26H2,1-7H3;5-24H,25H2,1-4H3;5-19,29H,20H2,1-4H3/q2*+1;. The topological polar surface area (TPSA) is 28.9 Å². The largest absolute Gasteiger partial charge is 0.358 e. The van der Waals surface area contributed by atoms with E-state index in [1.54, 1.807) is 0 Å². The Morgan fingerprint density at radius 1 is 0.341 bits per heavy atom. The zero-order chi connectivity index (χ0) is 86.4. The predicted octanol–water partition coefficient (Wildman–Crippen LogP) is 20.5. The summed E-state index contributed by atoms with van der Waals surface area (Å²) in [7, 11) is 2.19. The zero-order valence-electron chi connectivity index (χ0n) is 75.3. The van der Waals surface area contributed by atoms with Crippen molar-refractivity contribution in [1.82, 2.24) is 9.47 Å².